The Morgan fingerprint density at radius 2 is 2.18 bits per heavy atom. The molecule has 2 rings (SSSR count). The van der Waals surface area contributed by atoms with E-state index in [4.69, 9.17) is 4.42 Å². The van der Waals surface area contributed by atoms with Crippen LogP contribution in [0.25, 0.3) is 0 Å². The molecule has 0 saturated carbocycles. The predicted molar refractivity (Wildman–Crippen MR) is 66.4 cm³/mol. The molecule has 1 aliphatic heterocycles. The van der Waals surface area contributed by atoms with Gasteiger partial charge in [-0.2, -0.15) is 0 Å². The van der Waals surface area contributed by atoms with E-state index < -0.39 is 10.8 Å². The van der Waals surface area contributed by atoms with Crippen molar-refractivity contribution in [3.8, 4) is 0 Å². The molecule has 6 nitrogen and oxygen atoms in total. The molecular weight excluding hydrogens is 240 g/mol. The lowest BCUT2D eigenvalue weighted by molar-refractivity contribution is 0.462. The fourth-order valence-corrected chi connectivity index (χ4v) is 2.70. The summed E-state index contributed by atoms with van der Waals surface area (Å²) >= 11 is 0. The SMILES string of the molecule is CCCNCc1nnc(N2CCS(=O)CC2)o1. The zero-order chi connectivity index (χ0) is 12.1. The molecule has 1 saturated heterocycles. The molecule has 0 amide bonds. The Hall–Kier alpha value is -0.950. The van der Waals surface area contributed by atoms with Gasteiger partial charge in [0, 0.05) is 35.4 Å². The van der Waals surface area contributed by atoms with Crippen molar-refractivity contribution in [3.63, 3.8) is 0 Å². The second-order valence-electron chi connectivity index (χ2n) is 3.99. The Morgan fingerprint density at radius 3 is 2.88 bits per heavy atom. The third-order valence-corrected chi connectivity index (χ3v) is 3.88. The van der Waals surface area contributed by atoms with Gasteiger partial charge in [-0.3, -0.25) is 4.21 Å². The minimum atomic E-state index is -0.678. The van der Waals surface area contributed by atoms with E-state index in [0.717, 1.165) is 26.1 Å². The summed E-state index contributed by atoms with van der Waals surface area (Å²) < 4.78 is 16.8. The normalized spacial score (nSPS) is 17.6. The average Bonchev–Trinajstić information content (AvgIpc) is 2.79. The van der Waals surface area contributed by atoms with E-state index in [1.54, 1.807) is 0 Å². The van der Waals surface area contributed by atoms with Crippen LogP contribution >= 0.6 is 0 Å². The van der Waals surface area contributed by atoms with Crippen LogP contribution in [0.3, 0.4) is 0 Å². The van der Waals surface area contributed by atoms with Gasteiger partial charge in [0.1, 0.15) is 0 Å². The molecule has 0 spiro atoms. The van der Waals surface area contributed by atoms with Gasteiger partial charge in [0.25, 0.3) is 0 Å². The van der Waals surface area contributed by atoms with Crippen LogP contribution in [0.2, 0.25) is 0 Å². The van der Waals surface area contributed by atoms with Crippen molar-refractivity contribution in [2.75, 3.05) is 36.0 Å². The monoisotopic (exact) mass is 258 g/mol. The maximum Gasteiger partial charge on any atom is 0.318 e. The summed E-state index contributed by atoms with van der Waals surface area (Å²) in [5, 5.41) is 11.2. The molecule has 0 bridgehead atoms. The topological polar surface area (TPSA) is 71.3 Å². The van der Waals surface area contributed by atoms with Gasteiger partial charge in [0.15, 0.2) is 0 Å². The Labute approximate surface area is 103 Å². The third-order valence-electron chi connectivity index (χ3n) is 2.61. The lowest BCUT2D eigenvalue weighted by Crippen LogP contribution is -2.37. The maximum atomic E-state index is 11.2. The van der Waals surface area contributed by atoms with E-state index in [-0.39, 0.29) is 0 Å². The molecule has 96 valence electrons. The van der Waals surface area contributed by atoms with Crippen LogP contribution < -0.4 is 10.2 Å². The highest BCUT2D eigenvalue weighted by molar-refractivity contribution is 7.85. The summed E-state index contributed by atoms with van der Waals surface area (Å²) in [5.74, 6) is 1.98. The summed E-state index contributed by atoms with van der Waals surface area (Å²) in [4.78, 5) is 2.00. The maximum absolute atomic E-state index is 11.2. The van der Waals surface area contributed by atoms with Crippen LogP contribution in [0.1, 0.15) is 19.2 Å². The second kappa shape index (κ2) is 6.11. The highest BCUT2D eigenvalue weighted by Crippen LogP contribution is 2.14. The van der Waals surface area contributed by atoms with Crippen LogP contribution in [-0.4, -0.2) is 45.5 Å². The van der Waals surface area contributed by atoms with Gasteiger partial charge in [-0.25, -0.2) is 0 Å². The second-order valence-corrected chi connectivity index (χ2v) is 5.69. The highest BCUT2D eigenvalue weighted by Gasteiger charge is 2.20. The van der Waals surface area contributed by atoms with Crippen molar-refractivity contribution in [1.29, 1.82) is 0 Å². The fourth-order valence-electron chi connectivity index (χ4n) is 1.65. The Kier molecular flexibility index (Phi) is 4.49. The summed E-state index contributed by atoms with van der Waals surface area (Å²) in [7, 11) is -0.678. The van der Waals surface area contributed by atoms with Gasteiger partial charge < -0.3 is 14.6 Å². The van der Waals surface area contributed by atoms with Gasteiger partial charge in [0.05, 0.1) is 6.54 Å². The Morgan fingerprint density at radius 1 is 1.41 bits per heavy atom. The number of rotatable bonds is 5. The number of nitrogens with zero attached hydrogens (tertiary/aromatic N) is 3. The van der Waals surface area contributed by atoms with Crippen molar-refractivity contribution >= 4 is 16.8 Å². The van der Waals surface area contributed by atoms with Gasteiger partial charge in [-0.05, 0) is 13.0 Å². The van der Waals surface area contributed by atoms with Gasteiger partial charge in [0.2, 0.25) is 5.89 Å². The predicted octanol–water partition coefficient (Wildman–Crippen LogP) is 0.138. The van der Waals surface area contributed by atoms with E-state index in [1.807, 2.05) is 4.90 Å². The Bertz CT molecular complexity index is 372. The standard InChI is InChI=1S/C10H18N4O2S/c1-2-3-11-8-9-12-13-10(16-9)14-4-6-17(15)7-5-14/h11H,2-8H2,1H3. The van der Waals surface area contributed by atoms with Crippen molar-refractivity contribution < 1.29 is 8.63 Å². The molecule has 0 aliphatic carbocycles. The fraction of sp³-hybridized carbons (Fsp3) is 0.800. The zero-order valence-corrected chi connectivity index (χ0v) is 10.8. The molecule has 2 heterocycles. The van der Waals surface area contributed by atoms with Crippen molar-refractivity contribution in [2.24, 2.45) is 0 Å². The van der Waals surface area contributed by atoms with Crippen LogP contribution in [0.15, 0.2) is 4.42 Å². The quantitative estimate of drug-likeness (QED) is 0.757. The number of nitrogens with one attached hydrogen (secondary N) is 1. The largest absolute Gasteiger partial charge is 0.407 e. The molecule has 1 N–H and O–H groups in total. The molecule has 1 fully saturated rings. The molecule has 0 aromatic carbocycles. The van der Waals surface area contributed by atoms with Crippen molar-refractivity contribution in [3.05, 3.63) is 5.89 Å². The van der Waals surface area contributed by atoms with Gasteiger partial charge in [-0.1, -0.05) is 12.0 Å². The van der Waals surface area contributed by atoms with Crippen molar-refractivity contribution in [2.45, 2.75) is 19.9 Å². The summed E-state index contributed by atoms with van der Waals surface area (Å²) in [6.07, 6.45) is 1.08. The van der Waals surface area contributed by atoms with Crippen LogP contribution in [-0.2, 0) is 17.3 Å². The number of anilines is 1. The van der Waals surface area contributed by atoms with E-state index in [9.17, 15) is 4.21 Å². The average molecular weight is 258 g/mol. The molecule has 7 heteroatoms. The zero-order valence-electron chi connectivity index (χ0n) is 10.0. The number of hydrogen-bond acceptors (Lipinski definition) is 6. The third kappa shape index (κ3) is 3.50. The van der Waals surface area contributed by atoms with Crippen molar-refractivity contribution in [1.82, 2.24) is 15.5 Å². The molecule has 1 aromatic heterocycles. The molecular formula is C10H18N4O2S. The van der Waals surface area contributed by atoms with Gasteiger partial charge in [-0.15, -0.1) is 5.10 Å². The van der Waals surface area contributed by atoms with E-state index >= 15 is 0 Å². The van der Waals surface area contributed by atoms with E-state index in [1.165, 1.54) is 0 Å². The van der Waals surface area contributed by atoms with Crippen LogP contribution in [0, 0.1) is 0 Å². The highest BCUT2D eigenvalue weighted by atomic mass is 32.2. The lowest BCUT2D eigenvalue weighted by Gasteiger charge is -2.23. The van der Waals surface area contributed by atoms with E-state index in [2.05, 4.69) is 22.4 Å². The molecule has 1 aliphatic rings. The van der Waals surface area contributed by atoms with Crippen LogP contribution in [0.4, 0.5) is 6.01 Å². The number of hydrogen-bond donors (Lipinski definition) is 1. The van der Waals surface area contributed by atoms with Crippen LogP contribution in [0.5, 0.6) is 0 Å². The molecule has 0 atom stereocenters. The molecule has 0 radical (unpaired) electrons. The first kappa shape index (κ1) is 12.5. The number of aromatic nitrogens is 2. The molecule has 17 heavy (non-hydrogen) atoms. The minimum absolute atomic E-state index is 0.551. The smallest absolute Gasteiger partial charge is 0.318 e. The van der Waals surface area contributed by atoms with E-state index in [0.29, 0.717) is 30.0 Å². The summed E-state index contributed by atoms with van der Waals surface area (Å²) in [6.45, 7) is 5.13. The van der Waals surface area contributed by atoms with Gasteiger partial charge >= 0.3 is 6.01 Å². The first-order valence-electron chi connectivity index (χ1n) is 5.92. The Balaban J connectivity index is 1.87. The minimum Gasteiger partial charge on any atom is -0.407 e. The summed E-state index contributed by atoms with van der Waals surface area (Å²) in [6, 6.07) is 0.551. The lowest BCUT2D eigenvalue weighted by atomic mass is 10.5. The first-order chi connectivity index (χ1) is 8.29. The first-order valence-corrected chi connectivity index (χ1v) is 7.41. The molecule has 1 aromatic rings. The molecule has 0 unspecified atom stereocenters. The summed E-state index contributed by atoms with van der Waals surface area (Å²) in [5.41, 5.74) is 0.